The number of hydrogen-bond acceptors (Lipinski definition) is 7. The van der Waals surface area contributed by atoms with E-state index in [-0.39, 0.29) is 18.5 Å². The number of nitrogens with zero attached hydrogens (tertiary/aromatic N) is 4. The molecule has 4 aromatic rings. The number of nitrogens with one attached hydrogen (secondary N) is 1. The van der Waals surface area contributed by atoms with E-state index in [4.69, 9.17) is 21.1 Å². The van der Waals surface area contributed by atoms with Crippen molar-refractivity contribution in [2.75, 3.05) is 25.5 Å². The first kappa shape index (κ1) is 24.0. The summed E-state index contributed by atoms with van der Waals surface area (Å²) >= 11 is 6.49. The highest BCUT2D eigenvalue weighted by atomic mass is 35.5. The molecule has 0 unspecified atom stereocenters. The quantitative estimate of drug-likeness (QED) is 0.344. The second-order valence-corrected chi connectivity index (χ2v) is 8.46. The molecule has 7 nitrogen and oxygen atoms in total. The normalized spacial score (nSPS) is 14.4. The molecular weight excluding hydrogens is 473 g/mol. The van der Waals surface area contributed by atoms with Crippen LogP contribution in [0.3, 0.4) is 0 Å². The lowest BCUT2D eigenvalue weighted by Crippen LogP contribution is -2.35. The number of benzene rings is 2. The molecule has 5 rings (SSSR count). The Morgan fingerprint density at radius 1 is 1.03 bits per heavy atom. The van der Waals surface area contributed by atoms with Gasteiger partial charge in [0.2, 0.25) is 0 Å². The zero-order valence-electron chi connectivity index (χ0n) is 18.6. The number of fused-ring (bicyclic) bond motifs is 1. The van der Waals surface area contributed by atoms with Gasteiger partial charge in [0.1, 0.15) is 35.5 Å². The molecule has 0 spiro atoms. The van der Waals surface area contributed by atoms with Gasteiger partial charge in [0.05, 0.1) is 22.1 Å². The second-order valence-electron chi connectivity index (χ2n) is 8.05. The van der Waals surface area contributed by atoms with Gasteiger partial charge >= 0.3 is 0 Å². The van der Waals surface area contributed by atoms with E-state index in [1.165, 1.54) is 0 Å². The van der Waals surface area contributed by atoms with Crippen LogP contribution in [0.2, 0.25) is 5.02 Å². The van der Waals surface area contributed by atoms with Crippen LogP contribution in [0.1, 0.15) is 12.8 Å². The topological polar surface area (TPSA) is 72.4 Å². The minimum atomic E-state index is 0. The number of rotatable bonds is 6. The van der Waals surface area contributed by atoms with Crippen molar-refractivity contribution in [2.45, 2.75) is 18.9 Å². The third kappa shape index (κ3) is 5.50. The number of piperidine rings is 1. The summed E-state index contributed by atoms with van der Waals surface area (Å²) in [5.41, 5.74) is 1.60. The van der Waals surface area contributed by atoms with Gasteiger partial charge in [-0.3, -0.25) is 4.98 Å². The van der Waals surface area contributed by atoms with Gasteiger partial charge in [-0.2, -0.15) is 0 Å². The highest BCUT2D eigenvalue weighted by Crippen LogP contribution is 2.36. The second kappa shape index (κ2) is 10.9. The van der Waals surface area contributed by atoms with Crippen LogP contribution in [0.25, 0.3) is 10.9 Å². The molecule has 9 heteroatoms. The van der Waals surface area contributed by atoms with Crippen molar-refractivity contribution in [3.8, 4) is 17.2 Å². The van der Waals surface area contributed by atoms with Crippen LogP contribution in [-0.4, -0.2) is 46.1 Å². The molecule has 0 aliphatic carbocycles. The molecule has 0 amide bonds. The number of likely N-dealkylation sites (tertiary alicyclic amines) is 1. The Morgan fingerprint density at radius 2 is 1.88 bits per heavy atom. The van der Waals surface area contributed by atoms with Gasteiger partial charge in [-0.15, -0.1) is 12.4 Å². The third-order valence-electron chi connectivity index (χ3n) is 5.64. The molecule has 0 saturated carbocycles. The van der Waals surface area contributed by atoms with Crippen LogP contribution in [0.15, 0.2) is 67.3 Å². The van der Waals surface area contributed by atoms with Crippen LogP contribution < -0.4 is 14.8 Å². The van der Waals surface area contributed by atoms with E-state index < -0.39 is 0 Å². The lowest BCUT2D eigenvalue weighted by Gasteiger charge is -2.29. The van der Waals surface area contributed by atoms with E-state index in [2.05, 4.69) is 32.2 Å². The molecule has 1 N–H and O–H groups in total. The lowest BCUT2D eigenvalue weighted by atomic mass is 10.1. The Balaban J connectivity index is 0.00000274. The smallest absolute Gasteiger partial charge is 0.146 e. The number of anilines is 2. The standard InChI is InChI=1S/C25H24ClN5O2.ClH/c1-31-12-9-18(10-13-31)32-23-6-2-5-21-24(23)25(29-16-28-21)30-17-7-8-22(20(26)14-17)33-19-4-3-11-27-15-19;/h2-8,11,14-16,18H,9-10,12-13H2,1H3,(H,28,29,30);1H. The number of halogens is 2. The Labute approximate surface area is 209 Å². The molecule has 1 saturated heterocycles. The van der Waals surface area contributed by atoms with Crippen LogP contribution in [0, 0.1) is 0 Å². The maximum Gasteiger partial charge on any atom is 0.146 e. The van der Waals surface area contributed by atoms with E-state index in [9.17, 15) is 0 Å². The minimum absolute atomic E-state index is 0. The van der Waals surface area contributed by atoms with Crippen molar-refractivity contribution in [3.63, 3.8) is 0 Å². The summed E-state index contributed by atoms with van der Waals surface area (Å²) in [4.78, 5) is 15.3. The van der Waals surface area contributed by atoms with Crippen LogP contribution in [0.4, 0.5) is 11.5 Å². The lowest BCUT2D eigenvalue weighted by molar-refractivity contribution is 0.116. The molecule has 3 heterocycles. The van der Waals surface area contributed by atoms with Gasteiger partial charge < -0.3 is 19.7 Å². The SMILES string of the molecule is CN1CCC(Oc2cccc3ncnc(Nc4ccc(Oc5cccnc5)c(Cl)c4)c23)CC1.Cl. The van der Waals surface area contributed by atoms with Crippen molar-refractivity contribution in [2.24, 2.45) is 0 Å². The number of pyridine rings is 1. The molecule has 0 radical (unpaired) electrons. The fourth-order valence-corrected chi connectivity index (χ4v) is 4.11. The maximum absolute atomic E-state index is 6.49. The Bertz CT molecular complexity index is 1250. The van der Waals surface area contributed by atoms with E-state index in [1.54, 1.807) is 18.7 Å². The minimum Gasteiger partial charge on any atom is -0.489 e. The summed E-state index contributed by atoms with van der Waals surface area (Å²) in [6.45, 7) is 2.06. The number of ether oxygens (including phenoxy) is 2. The molecule has 1 aliphatic heterocycles. The van der Waals surface area contributed by atoms with Crippen LogP contribution in [0.5, 0.6) is 17.2 Å². The first-order chi connectivity index (χ1) is 16.2. The van der Waals surface area contributed by atoms with Gasteiger partial charge in [0.25, 0.3) is 0 Å². The van der Waals surface area contributed by atoms with Gasteiger partial charge in [-0.1, -0.05) is 17.7 Å². The zero-order chi connectivity index (χ0) is 22.6. The average molecular weight is 498 g/mol. The van der Waals surface area contributed by atoms with Crippen LogP contribution in [-0.2, 0) is 0 Å². The first-order valence-corrected chi connectivity index (χ1v) is 11.3. The number of hydrogen-bond donors (Lipinski definition) is 1. The first-order valence-electron chi connectivity index (χ1n) is 10.9. The van der Waals surface area contributed by atoms with Gasteiger partial charge in [-0.05, 0) is 62.4 Å². The average Bonchev–Trinajstić information content (AvgIpc) is 2.83. The molecule has 2 aromatic carbocycles. The van der Waals surface area contributed by atoms with E-state index in [0.717, 1.165) is 48.3 Å². The van der Waals surface area contributed by atoms with E-state index in [1.807, 2.05) is 48.5 Å². The highest BCUT2D eigenvalue weighted by molar-refractivity contribution is 6.32. The predicted molar refractivity (Wildman–Crippen MR) is 137 cm³/mol. The summed E-state index contributed by atoms with van der Waals surface area (Å²) in [5.74, 6) is 2.62. The summed E-state index contributed by atoms with van der Waals surface area (Å²) < 4.78 is 12.2. The number of aromatic nitrogens is 3. The molecule has 34 heavy (non-hydrogen) atoms. The summed E-state index contributed by atoms with van der Waals surface area (Å²) in [5, 5.41) is 4.70. The van der Waals surface area contributed by atoms with E-state index >= 15 is 0 Å². The molecule has 2 aromatic heterocycles. The predicted octanol–water partition coefficient (Wildman–Crippen LogP) is 6.11. The fraction of sp³-hybridized carbons (Fsp3) is 0.240. The van der Waals surface area contributed by atoms with Crippen molar-refractivity contribution in [3.05, 3.63) is 72.3 Å². The molecule has 1 fully saturated rings. The van der Waals surface area contributed by atoms with E-state index in [0.29, 0.717) is 22.3 Å². The summed E-state index contributed by atoms with van der Waals surface area (Å²) in [7, 11) is 2.14. The van der Waals surface area contributed by atoms with Crippen molar-refractivity contribution in [1.82, 2.24) is 19.9 Å². The fourth-order valence-electron chi connectivity index (χ4n) is 3.89. The summed E-state index contributed by atoms with van der Waals surface area (Å²) in [6, 6.07) is 15.1. The van der Waals surface area contributed by atoms with Crippen molar-refractivity contribution >= 4 is 46.4 Å². The zero-order valence-corrected chi connectivity index (χ0v) is 20.2. The monoisotopic (exact) mass is 497 g/mol. The Kier molecular flexibility index (Phi) is 7.67. The summed E-state index contributed by atoms with van der Waals surface area (Å²) in [6.07, 6.45) is 7.05. The van der Waals surface area contributed by atoms with Crippen molar-refractivity contribution in [1.29, 1.82) is 0 Å². The van der Waals surface area contributed by atoms with Gasteiger partial charge in [0, 0.05) is 25.0 Å². The van der Waals surface area contributed by atoms with Crippen molar-refractivity contribution < 1.29 is 9.47 Å². The molecule has 1 aliphatic rings. The molecule has 0 atom stereocenters. The van der Waals surface area contributed by atoms with Gasteiger partial charge in [-0.25, -0.2) is 9.97 Å². The molecule has 0 bridgehead atoms. The third-order valence-corrected chi connectivity index (χ3v) is 5.94. The molecular formula is C25H25Cl2N5O2. The van der Waals surface area contributed by atoms with Crippen LogP contribution >= 0.6 is 24.0 Å². The van der Waals surface area contributed by atoms with Gasteiger partial charge in [0.15, 0.2) is 0 Å². The molecule has 176 valence electrons. The largest absolute Gasteiger partial charge is 0.489 e. The highest BCUT2D eigenvalue weighted by Gasteiger charge is 2.20. The maximum atomic E-state index is 6.49. The Hall–Kier alpha value is -3.13. The Morgan fingerprint density at radius 3 is 2.65 bits per heavy atom.